The van der Waals surface area contributed by atoms with Gasteiger partial charge >= 0.3 is 0 Å². The van der Waals surface area contributed by atoms with Gasteiger partial charge in [-0.15, -0.1) is 0 Å². The Labute approximate surface area is 131 Å². The molecule has 0 aliphatic rings. The highest BCUT2D eigenvalue weighted by Gasteiger charge is 2.21. The van der Waals surface area contributed by atoms with Gasteiger partial charge in [-0.2, -0.15) is 0 Å². The third-order valence-electron chi connectivity index (χ3n) is 3.26. The largest absolute Gasteiger partial charge is 0.348 e. The van der Waals surface area contributed by atoms with Gasteiger partial charge in [-0.25, -0.2) is 8.42 Å². The molecule has 7 heteroatoms. The fraction of sp³-hybridized carbons (Fsp3) is 0.643. The summed E-state index contributed by atoms with van der Waals surface area (Å²) in [6.07, 6.45) is 4.40. The molecule has 0 saturated carbocycles. The molecule has 5 nitrogen and oxygen atoms in total. The molecule has 0 spiro atoms. The van der Waals surface area contributed by atoms with Crippen molar-refractivity contribution in [2.75, 3.05) is 0 Å². The summed E-state index contributed by atoms with van der Waals surface area (Å²) < 4.78 is 24.5. The number of rotatable bonds is 7. The van der Waals surface area contributed by atoms with E-state index in [9.17, 15) is 13.2 Å². The number of nitrogens with one attached hydrogen (secondary N) is 1. The van der Waals surface area contributed by atoms with Crippen LogP contribution in [0.1, 0.15) is 63.5 Å². The zero-order valence-electron chi connectivity index (χ0n) is 12.9. The van der Waals surface area contributed by atoms with Crippen molar-refractivity contribution in [2.24, 2.45) is 0 Å². The lowest BCUT2D eigenvalue weighted by molar-refractivity contribution is 0.0927. The Bertz CT molecular complexity index is 593. The van der Waals surface area contributed by atoms with Crippen LogP contribution in [0.4, 0.5) is 0 Å². The van der Waals surface area contributed by atoms with Crippen molar-refractivity contribution in [1.29, 1.82) is 0 Å². The normalized spacial score (nSPS) is 13.4. The molecular formula is C14H23ClN2O3S. The first kappa shape index (κ1) is 18.0. The molecule has 1 unspecified atom stereocenters. The summed E-state index contributed by atoms with van der Waals surface area (Å²) in [5.74, 6) is -0.279. The number of hydrogen-bond acceptors (Lipinski definition) is 3. The van der Waals surface area contributed by atoms with Gasteiger partial charge in [0.15, 0.2) is 0 Å². The van der Waals surface area contributed by atoms with E-state index >= 15 is 0 Å². The minimum atomic E-state index is -3.84. The molecule has 1 aromatic rings. The number of halogens is 1. The van der Waals surface area contributed by atoms with Gasteiger partial charge in [0, 0.05) is 29.0 Å². The molecule has 1 aromatic heterocycles. The van der Waals surface area contributed by atoms with Crippen LogP contribution in [0.25, 0.3) is 0 Å². The molecule has 1 heterocycles. The number of nitrogens with zero attached hydrogens (tertiary/aromatic N) is 1. The highest BCUT2D eigenvalue weighted by atomic mass is 35.7. The fourth-order valence-electron chi connectivity index (χ4n) is 2.08. The minimum Gasteiger partial charge on any atom is -0.348 e. The van der Waals surface area contributed by atoms with Crippen LogP contribution in [0.2, 0.25) is 0 Å². The molecule has 0 fully saturated rings. The van der Waals surface area contributed by atoms with E-state index in [-0.39, 0.29) is 22.9 Å². The summed E-state index contributed by atoms with van der Waals surface area (Å²) in [5, 5.41) is 2.89. The lowest BCUT2D eigenvalue weighted by atomic mass is 10.1. The predicted molar refractivity (Wildman–Crippen MR) is 84.3 cm³/mol. The van der Waals surface area contributed by atoms with Gasteiger partial charge < -0.3 is 9.88 Å². The molecule has 0 saturated heterocycles. The predicted octanol–water partition coefficient (Wildman–Crippen LogP) is 3.31. The Kier molecular flexibility index (Phi) is 6.28. The third-order valence-corrected chi connectivity index (χ3v) is 4.58. The molecule has 1 atom stereocenters. The van der Waals surface area contributed by atoms with E-state index < -0.39 is 9.05 Å². The second-order valence-corrected chi connectivity index (χ2v) is 8.08. The zero-order valence-corrected chi connectivity index (χ0v) is 14.5. The van der Waals surface area contributed by atoms with Crippen LogP contribution < -0.4 is 5.32 Å². The lowest BCUT2D eigenvalue weighted by Crippen LogP contribution is -2.34. The standard InChI is InChI=1S/C14H23ClN2O3S/c1-5-6-7-11(4)16-14(18)13-8-12(21(15,19)20)9-17(13)10(2)3/h8-11H,5-7H2,1-4H3,(H,16,18). The van der Waals surface area contributed by atoms with E-state index in [0.717, 1.165) is 19.3 Å². The fourth-order valence-corrected chi connectivity index (χ4v) is 2.82. The summed E-state index contributed by atoms with van der Waals surface area (Å²) in [4.78, 5) is 12.3. The van der Waals surface area contributed by atoms with Crippen LogP contribution in [-0.2, 0) is 9.05 Å². The van der Waals surface area contributed by atoms with Crippen LogP contribution in [0.15, 0.2) is 17.2 Å². The molecule has 1 rings (SSSR count). The average Bonchev–Trinajstić information content (AvgIpc) is 2.81. The Morgan fingerprint density at radius 2 is 2.00 bits per heavy atom. The lowest BCUT2D eigenvalue weighted by Gasteiger charge is -2.16. The van der Waals surface area contributed by atoms with Crippen LogP contribution >= 0.6 is 10.7 Å². The molecule has 0 bridgehead atoms. The monoisotopic (exact) mass is 334 g/mol. The van der Waals surface area contributed by atoms with Gasteiger partial charge in [-0.3, -0.25) is 4.79 Å². The van der Waals surface area contributed by atoms with Crippen LogP contribution in [-0.4, -0.2) is 24.9 Å². The van der Waals surface area contributed by atoms with Gasteiger partial charge in [0.25, 0.3) is 15.0 Å². The van der Waals surface area contributed by atoms with Gasteiger partial charge in [-0.05, 0) is 33.3 Å². The highest BCUT2D eigenvalue weighted by molar-refractivity contribution is 8.13. The van der Waals surface area contributed by atoms with Gasteiger partial charge in [-0.1, -0.05) is 19.8 Å². The van der Waals surface area contributed by atoms with Gasteiger partial charge in [0.1, 0.15) is 10.6 Å². The second-order valence-electron chi connectivity index (χ2n) is 5.52. The summed E-state index contributed by atoms with van der Waals surface area (Å²) in [5.41, 5.74) is 0.313. The van der Waals surface area contributed by atoms with E-state index in [0.29, 0.717) is 5.69 Å². The number of unbranched alkanes of at least 4 members (excludes halogenated alkanes) is 1. The Hall–Kier alpha value is -1.01. The number of amides is 1. The first-order valence-corrected chi connectivity index (χ1v) is 9.45. The second kappa shape index (κ2) is 7.31. The summed E-state index contributed by atoms with van der Waals surface area (Å²) in [6, 6.07) is 1.33. The molecule has 0 aliphatic carbocycles. The van der Waals surface area contributed by atoms with E-state index in [4.69, 9.17) is 10.7 Å². The number of aromatic nitrogens is 1. The highest BCUT2D eigenvalue weighted by Crippen LogP contribution is 2.22. The quantitative estimate of drug-likeness (QED) is 0.778. The van der Waals surface area contributed by atoms with Crippen molar-refractivity contribution < 1.29 is 13.2 Å². The maximum Gasteiger partial charge on any atom is 0.268 e. The van der Waals surface area contributed by atoms with E-state index in [1.54, 1.807) is 4.57 Å². The first-order valence-electron chi connectivity index (χ1n) is 7.14. The molecule has 0 radical (unpaired) electrons. The molecule has 0 aromatic carbocycles. The first-order chi connectivity index (χ1) is 9.66. The van der Waals surface area contributed by atoms with E-state index in [1.165, 1.54) is 12.3 Å². The Balaban J connectivity index is 3.00. The van der Waals surface area contributed by atoms with Crippen molar-refractivity contribution in [3.8, 4) is 0 Å². The van der Waals surface area contributed by atoms with Crippen molar-refractivity contribution >= 4 is 25.6 Å². The molecule has 1 amide bonds. The molecule has 0 aliphatic heterocycles. The van der Waals surface area contributed by atoms with Crippen LogP contribution in [0.3, 0.4) is 0 Å². The minimum absolute atomic E-state index is 0.0381. The molecule has 21 heavy (non-hydrogen) atoms. The van der Waals surface area contributed by atoms with Crippen molar-refractivity contribution in [3.05, 3.63) is 18.0 Å². The van der Waals surface area contributed by atoms with E-state index in [2.05, 4.69) is 12.2 Å². The molecular weight excluding hydrogens is 312 g/mol. The molecule has 1 N–H and O–H groups in total. The van der Waals surface area contributed by atoms with Gasteiger partial charge in [0.2, 0.25) is 0 Å². The van der Waals surface area contributed by atoms with Crippen molar-refractivity contribution in [3.63, 3.8) is 0 Å². The zero-order chi connectivity index (χ0) is 16.2. The number of carbonyl (C=O) groups is 1. The van der Waals surface area contributed by atoms with Crippen LogP contribution in [0.5, 0.6) is 0 Å². The van der Waals surface area contributed by atoms with Crippen LogP contribution in [0, 0.1) is 0 Å². The smallest absolute Gasteiger partial charge is 0.268 e. The Morgan fingerprint density at radius 1 is 1.38 bits per heavy atom. The average molecular weight is 335 g/mol. The van der Waals surface area contributed by atoms with Crippen molar-refractivity contribution in [1.82, 2.24) is 9.88 Å². The van der Waals surface area contributed by atoms with Crippen molar-refractivity contribution in [2.45, 2.75) is 63.9 Å². The summed E-state index contributed by atoms with van der Waals surface area (Å²) in [6.45, 7) is 7.79. The molecule has 120 valence electrons. The number of carbonyl (C=O) groups excluding carboxylic acids is 1. The SMILES string of the molecule is CCCCC(C)NC(=O)c1cc(S(=O)(=O)Cl)cn1C(C)C. The third kappa shape index (κ3) is 5.04. The Morgan fingerprint density at radius 3 is 2.48 bits per heavy atom. The summed E-state index contributed by atoms with van der Waals surface area (Å²) in [7, 11) is 1.51. The maximum atomic E-state index is 12.3. The topological polar surface area (TPSA) is 68.2 Å². The summed E-state index contributed by atoms with van der Waals surface area (Å²) >= 11 is 0. The van der Waals surface area contributed by atoms with E-state index in [1.807, 2.05) is 20.8 Å². The van der Waals surface area contributed by atoms with Gasteiger partial charge in [0.05, 0.1) is 0 Å². The number of hydrogen-bond donors (Lipinski definition) is 1. The maximum absolute atomic E-state index is 12.3.